The Morgan fingerprint density at radius 2 is 1.70 bits per heavy atom. The molecule has 0 saturated carbocycles. The molecule has 0 bridgehead atoms. The summed E-state index contributed by atoms with van der Waals surface area (Å²) in [6.07, 6.45) is 0.895. The van der Waals surface area contributed by atoms with Crippen LogP contribution in [0.1, 0.15) is 46.6 Å². The van der Waals surface area contributed by atoms with Crippen LogP contribution in [0, 0.1) is 5.82 Å². The molecule has 2 heterocycles. The fourth-order valence-corrected chi connectivity index (χ4v) is 4.23. The zero-order valence-electron chi connectivity index (χ0n) is 18.1. The Kier molecular flexibility index (Phi) is 5.42. The van der Waals surface area contributed by atoms with Crippen LogP contribution in [0.4, 0.5) is 4.39 Å². The minimum atomic E-state index is -0.626. The minimum absolute atomic E-state index is 0.0529. The summed E-state index contributed by atoms with van der Waals surface area (Å²) < 4.78 is 25.0. The number of fused-ring (bicyclic) bond motifs is 2. The van der Waals surface area contributed by atoms with E-state index in [-0.39, 0.29) is 29.5 Å². The molecule has 1 aliphatic rings. The first-order valence-electron chi connectivity index (χ1n) is 10.9. The summed E-state index contributed by atoms with van der Waals surface area (Å²) in [5.41, 5.74) is 2.00. The van der Waals surface area contributed by atoms with Gasteiger partial charge in [0.15, 0.2) is 5.43 Å². The van der Waals surface area contributed by atoms with Crippen LogP contribution in [0.3, 0.4) is 0 Å². The lowest BCUT2D eigenvalue weighted by Gasteiger charge is -2.25. The second kappa shape index (κ2) is 8.54. The number of nitrogens with zero attached hydrogens (tertiary/aromatic N) is 1. The fraction of sp³-hybridized carbons (Fsp3) is 0.185. The lowest BCUT2D eigenvalue weighted by Crippen LogP contribution is -2.29. The number of hydrogen-bond donors (Lipinski definition) is 0. The zero-order valence-corrected chi connectivity index (χ0v) is 18.1. The van der Waals surface area contributed by atoms with Crippen LogP contribution in [-0.2, 0) is 6.54 Å². The molecule has 1 unspecified atom stereocenters. The van der Waals surface area contributed by atoms with E-state index in [2.05, 4.69) is 0 Å². The number of carbonyl (C=O) groups excluding carboxylic acids is 1. The molecule has 0 saturated heterocycles. The molecule has 0 N–H and O–H groups in total. The van der Waals surface area contributed by atoms with Crippen molar-refractivity contribution in [2.24, 2.45) is 0 Å². The van der Waals surface area contributed by atoms with Crippen molar-refractivity contribution in [1.29, 1.82) is 0 Å². The maximum absolute atomic E-state index is 13.5. The minimum Gasteiger partial charge on any atom is -0.494 e. The van der Waals surface area contributed by atoms with Crippen LogP contribution in [0.5, 0.6) is 5.75 Å². The fourth-order valence-electron chi connectivity index (χ4n) is 4.23. The van der Waals surface area contributed by atoms with Gasteiger partial charge in [0.1, 0.15) is 17.1 Å². The standard InChI is InChI=1S/C27H22FNO4/c1-2-15-32-20-13-9-18(10-14-20)24-23-25(30)21-5-3-4-6-22(21)33-26(23)27(31)29(24)16-17-7-11-19(28)12-8-17/h3-14,24H,2,15-16H2,1H3. The molecule has 6 heteroatoms. The van der Waals surface area contributed by atoms with Crippen molar-refractivity contribution in [3.8, 4) is 5.75 Å². The van der Waals surface area contributed by atoms with E-state index < -0.39 is 6.04 Å². The third-order valence-corrected chi connectivity index (χ3v) is 5.81. The summed E-state index contributed by atoms with van der Waals surface area (Å²) in [6, 6.07) is 19.7. The van der Waals surface area contributed by atoms with Crippen molar-refractivity contribution in [2.75, 3.05) is 6.61 Å². The first-order valence-corrected chi connectivity index (χ1v) is 10.9. The molecule has 0 fully saturated rings. The maximum Gasteiger partial charge on any atom is 0.291 e. The van der Waals surface area contributed by atoms with E-state index >= 15 is 0 Å². The van der Waals surface area contributed by atoms with Crippen molar-refractivity contribution in [2.45, 2.75) is 25.9 Å². The average Bonchev–Trinajstić information content (AvgIpc) is 3.11. The molecule has 1 aliphatic heterocycles. The highest BCUT2D eigenvalue weighted by Crippen LogP contribution is 2.39. The molecule has 3 aromatic carbocycles. The van der Waals surface area contributed by atoms with Crippen LogP contribution >= 0.6 is 0 Å². The van der Waals surface area contributed by atoms with E-state index in [9.17, 15) is 14.0 Å². The predicted octanol–water partition coefficient (Wildman–Crippen LogP) is 5.47. The second-order valence-electron chi connectivity index (χ2n) is 8.05. The largest absolute Gasteiger partial charge is 0.494 e. The quantitative estimate of drug-likeness (QED) is 0.397. The highest BCUT2D eigenvalue weighted by molar-refractivity contribution is 5.99. The van der Waals surface area contributed by atoms with Gasteiger partial charge < -0.3 is 14.1 Å². The van der Waals surface area contributed by atoms with Crippen molar-refractivity contribution in [1.82, 2.24) is 4.90 Å². The van der Waals surface area contributed by atoms with Crippen molar-refractivity contribution < 1.29 is 18.3 Å². The number of carbonyl (C=O) groups is 1. The Morgan fingerprint density at radius 3 is 2.42 bits per heavy atom. The van der Waals surface area contributed by atoms with Gasteiger partial charge in [-0.15, -0.1) is 0 Å². The van der Waals surface area contributed by atoms with Gasteiger partial charge in [-0.25, -0.2) is 4.39 Å². The van der Waals surface area contributed by atoms with Crippen LogP contribution < -0.4 is 10.2 Å². The highest BCUT2D eigenvalue weighted by Gasteiger charge is 2.42. The van der Waals surface area contributed by atoms with E-state index in [0.29, 0.717) is 23.1 Å². The van der Waals surface area contributed by atoms with Gasteiger partial charge in [0.2, 0.25) is 5.76 Å². The molecular formula is C27H22FNO4. The molecule has 166 valence electrons. The monoisotopic (exact) mass is 443 g/mol. The van der Waals surface area contributed by atoms with Gasteiger partial charge in [0.05, 0.1) is 23.6 Å². The number of rotatable bonds is 6. The number of amides is 1. The van der Waals surface area contributed by atoms with E-state index in [1.54, 1.807) is 41.3 Å². The van der Waals surface area contributed by atoms with Gasteiger partial charge in [0, 0.05) is 6.54 Å². The molecule has 5 rings (SSSR count). The lowest BCUT2D eigenvalue weighted by atomic mass is 9.98. The van der Waals surface area contributed by atoms with Gasteiger partial charge in [0.25, 0.3) is 5.91 Å². The number of ether oxygens (including phenoxy) is 1. The summed E-state index contributed by atoms with van der Waals surface area (Å²) in [7, 11) is 0. The summed E-state index contributed by atoms with van der Waals surface area (Å²) in [4.78, 5) is 28.5. The summed E-state index contributed by atoms with van der Waals surface area (Å²) in [6.45, 7) is 2.85. The van der Waals surface area contributed by atoms with E-state index in [1.165, 1.54) is 12.1 Å². The van der Waals surface area contributed by atoms with Gasteiger partial charge in [-0.2, -0.15) is 0 Å². The van der Waals surface area contributed by atoms with Gasteiger partial charge >= 0.3 is 0 Å². The van der Waals surface area contributed by atoms with Gasteiger partial charge in [-0.1, -0.05) is 43.3 Å². The number of hydrogen-bond acceptors (Lipinski definition) is 4. The maximum atomic E-state index is 13.5. The second-order valence-corrected chi connectivity index (χ2v) is 8.05. The van der Waals surface area contributed by atoms with Crippen molar-refractivity contribution in [3.63, 3.8) is 0 Å². The normalized spacial score (nSPS) is 15.2. The van der Waals surface area contributed by atoms with Gasteiger partial charge in [-0.3, -0.25) is 9.59 Å². The molecule has 4 aromatic rings. The van der Waals surface area contributed by atoms with Crippen LogP contribution in [0.2, 0.25) is 0 Å². The smallest absolute Gasteiger partial charge is 0.291 e. The summed E-state index contributed by atoms with van der Waals surface area (Å²) in [5.74, 6) is 0.0588. The Balaban J connectivity index is 1.63. The molecule has 0 radical (unpaired) electrons. The first-order chi connectivity index (χ1) is 16.1. The van der Waals surface area contributed by atoms with Crippen LogP contribution in [0.25, 0.3) is 11.0 Å². The molecule has 0 spiro atoms. The topological polar surface area (TPSA) is 59.8 Å². The van der Waals surface area contributed by atoms with Crippen LogP contribution in [-0.4, -0.2) is 17.4 Å². The van der Waals surface area contributed by atoms with E-state index in [4.69, 9.17) is 9.15 Å². The number of para-hydroxylation sites is 1. The molecular weight excluding hydrogens is 421 g/mol. The Labute approximate surface area is 190 Å². The molecule has 0 aliphatic carbocycles. The van der Waals surface area contributed by atoms with E-state index in [1.807, 2.05) is 31.2 Å². The average molecular weight is 443 g/mol. The lowest BCUT2D eigenvalue weighted by molar-refractivity contribution is 0.0714. The Bertz CT molecular complexity index is 1380. The highest BCUT2D eigenvalue weighted by atomic mass is 19.1. The van der Waals surface area contributed by atoms with Crippen molar-refractivity contribution in [3.05, 3.63) is 111 Å². The Hall–Kier alpha value is -3.93. The number of benzene rings is 3. The molecule has 1 atom stereocenters. The van der Waals surface area contributed by atoms with E-state index in [0.717, 1.165) is 23.3 Å². The molecule has 33 heavy (non-hydrogen) atoms. The number of halogens is 1. The summed E-state index contributed by atoms with van der Waals surface area (Å²) >= 11 is 0. The molecule has 1 amide bonds. The van der Waals surface area contributed by atoms with Gasteiger partial charge in [-0.05, 0) is 53.9 Å². The predicted molar refractivity (Wildman–Crippen MR) is 123 cm³/mol. The van der Waals surface area contributed by atoms with Crippen LogP contribution in [0.15, 0.2) is 82.0 Å². The Morgan fingerprint density at radius 1 is 0.970 bits per heavy atom. The molecule has 1 aromatic heterocycles. The van der Waals surface area contributed by atoms with Crippen molar-refractivity contribution >= 4 is 16.9 Å². The molecule has 5 nitrogen and oxygen atoms in total. The third-order valence-electron chi connectivity index (χ3n) is 5.81. The SMILES string of the molecule is CCCOc1ccc(C2c3c(oc4ccccc4c3=O)C(=O)N2Cc2ccc(F)cc2)cc1. The summed E-state index contributed by atoms with van der Waals surface area (Å²) in [5, 5.41) is 0.431. The zero-order chi connectivity index (χ0) is 22.9. The third kappa shape index (κ3) is 3.78. The first kappa shape index (κ1) is 20.9.